The summed E-state index contributed by atoms with van der Waals surface area (Å²) >= 11 is 1.53. The molecule has 2 nitrogen and oxygen atoms in total. The Morgan fingerprint density at radius 1 is 1.19 bits per heavy atom. The zero-order chi connectivity index (χ0) is 14.7. The van der Waals surface area contributed by atoms with E-state index in [1.165, 1.54) is 24.2 Å². The van der Waals surface area contributed by atoms with E-state index in [1.807, 2.05) is 29.6 Å². The molecule has 2 atom stereocenters. The summed E-state index contributed by atoms with van der Waals surface area (Å²) in [6, 6.07) is 12.5. The Labute approximate surface area is 130 Å². The van der Waals surface area contributed by atoms with Gasteiger partial charge in [0.2, 0.25) is 0 Å². The van der Waals surface area contributed by atoms with Crippen molar-refractivity contribution < 1.29 is 4.79 Å². The summed E-state index contributed by atoms with van der Waals surface area (Å²) < 4.78 is 0. The van der Waals surface area contributed by atoms with E-state index in [4.69, 9.17) is 0 Å². The number of nitrogens with one attached hydrogen (secondary N) is 1. The molecule has 2 aromatic rings. The van der Waals surface area contributed by atoms with Crippen molar-refractivity contribution in [3.63, 3.8) is 0 Å². The van der Waals surface area contributed by atoms with Gasteiger partial charge in [0, 0.05) is 11.6 Å². The molecule has 1 amide bonds. The van der Waals surface area contributed by atoms with Crippen LogP contribution in [0.25, 0.3) is 11.1 Å². The van der Waals surface area contributed by atoms with Crippen LogP contribution < -0.4 is 5.32 Å². The van der Waals surface area contributed by atoms with Crippen LogP contribution in [0.4, 0.5) is 0 Å². The number of hydrogen-bond donors (Lipinski definition) is 1. The molecule has 21 heavy (non-hydrogen) atoms. The van der Waals surface area contributed by atoms with Gasteiger partial charge in [0.05, 0.1) is 4.88 Å². The van der Waals surface area contributed by atoms with Crippen LogP contribution in [0, 0.1) is 5.92 Å². The van der Waals surface area contributed by atoms with Crippen molar-refractivity contribution in [2.75, 3.05) is 0 Å². The molecule has 0 saturated heterocycles. The lowest BCUT2D eigenvalue weighted by Gasteiger charge is -2.27. The minimum Gasteiger partial charge on any atom is -0.349 e. The normalized spacial score (nSPS) is 22.0. The van der Waals surface area contributed by atoms with Crippen molar-refractivity contribution in [3.05, 3.63) is 46.7 Å². The molecule has 0 radical (unpaired) electrons. The standard InChI is InChI=1S/C18H21NOS/c1-13-6-5-9-15(12-13)19-18(20)17-16(10-11-21-17)14-7-3-2-4-8-14/h2-4,7-8,10-11,13,15H,5-6,9,12H2,1H3,(H,19,20). The fourth-order valence-electron chi connectivity index (χ4n) is 3.15. The Bertz CT molecular complexity index is 605. The van der Waals surface area contributed by atoms with Crippen molar-refractivity contribution in [1.82, 2.24) is 5.32 Å². The highest BCUT2D eigenvalue weighted by molar-refractivity contribution is 7.12. The van der Waals surface area contributed by atoms with Crippen LogP contribution >= 0.6 is 11.3 Å². The molecule has 0 bridgehead atoms. The van der Waals surface area contributed by atoms with Gasteiger partial charge in [-0.15, -0.1) is 11.3 Å². The summed E-state index contributed by atoms with van der Waals surface area (Å²) in [5.74, 6) is 0.809. The second kappa shape index (κ2) is 6.44. The summed E-state index contributed by atoms with van der Waals surface area (Å²) in [5.41, 5.74) is 2.16. The van der Waals surface area contributed by atoms with Gasteiger partial charge >= 0.3 is 0 Å². The highest BCUT2D eigenvalue weighted by Crippen LogP contribution is 2.29. The lowest BCUT2D eigenvalue weighted by molar-refractivity contribution is 0.0926. The smallest absolute Gasteiger partial charge is 0.262 e. The average molecular weight is 299 g/mol. The van der Waals surface area contributed by atoms with Crippen molar-refractivity contribution in [2.45, 2.75) is 38.6 Å². The number of amides is 1. The summed E-state index contributed by atoms with van der Waals surface area (Å²) in [7, 11) is 0. The Kier molecular flexibility index (Phi) is 4.39. The lowest BCUT2D eigenvalue weighted by atomic mass is 9.87. The van der Waals surface area contributed by atoms with E-state index >= 15 is 0 Å². The van der Waals surface area contributed by atoms with Gasteiger partial charge in [0.1, 0.15) is 0 Å². The van der Waals surface area contributed by atoms with E-state index in [9.17, 15) is 4.79 Å². The third kappa shape index (κ3) is 3.35. The molecular formula is C18H21NOS. The third-order valence-corrected chi connectivity index (χ3v) is 5.14. The first-order valence-corrected chi connectivity index (χ1v) is 8.56. The third-order valence-electron chi connectivity index (χ3n) is 4.23. The van der Waals surface area contributed by atoms with Gasteiger partial charge in [-0.25, -0.2) is 0 Å². The molecule has 1 aliphatic rings. The molecule has 0 aliphatic heterocycles. The highest BCUT2D eigenvalue weighted by Gasteiger charge is 2.22. The summed E-state index contributed by atoms with van der Waals surface area (Å²) in [4.78, 5) is 13.4. The van der Waals surface area contributed by atoms with Crippen molar-refractivity contribution in [3.8, 4) is 11.1 Å². The first-order chi connectivity index (χ1) is 10.2. The monoisotopic (exact) mass is 299 g/mol. The average Bonchev–Trinajstić information content (AvgIpc) is 2.98. The predicted octanol–water partition coefficient (Wildman–Crippen LogP) is 4.72. The fourth-order valence-corrected chi connectivity index (χ4v) is 3.97. The zero-order valence-corrected chi connectivity index (χ0v) is 13.2. The summed E-state index contributed by atoms with van der Waals surface area (Å²) in [6.45, 7) is 2.28. The molecule has 1 N–H and O–H groups in total. The Morgan fingerprint density at radius 2 is 2.00 bits per heavy atom. The molecule has 110 valence electrons. The molecule has 1 fully saturated rings. The van der Waals surface area contributed by atoms with E-state index < -0.39 is 0 Å². The van der Waals surface area contributed by atoms with Crippen LogP contribution in [0.1, 0.15) is 42.3 Å². The molecule has 1 aromatic heterocycles. The van der Waals surface area contributed by atoms with E-state index in [1.54, 1.807) is 0 Å². The zero-order valence-electron chi connectivity index (χ0n) is 12.3. The Balaban J connectivity index is 1.75. The molecule has 1 aliphatic carbocycles. The molecule has 2 unspecified atom stereocenters. The van der Waals surface area contributed by atoms with Crippen LogP contribution in [-0.4, -0.2) is 11.9 Å². The number of rotatable bonds is 3. The number of benzene rings is 1. The second-order valence-corrected chi connectivity index (χ2v) is 6.89. The van der Waals surface area contributed by atoms with Crippen LogP contribution in [0.5, 0.6) is 0 Å². The van der Waals surface area contributed by atoms with Crippen LogP contribution in [-0.2, 0) is 0 Å². The number of carbonyl (C=O) groups is 1. The first-order valence-electron chi connectivity index (χ1n) is 7.68. The fraction of sp³-hybridized carbons (Fsp3) is 0.389. The number of thiophene rings is 1. The van der Waals surface area contributed by atoms with Gasteiger partial charge < -0.3 is 5.32 Å². The molecule has 1 saturated carbocycles. The molecular weight excluding hydrogens is 278 g/mol. The first kappa shape index (κ1) is 14.3. The summed E-state index contributed by atoms with van der Waals surface area (Å²) in [6.07, 6.45) is 4.74. The lowest BCUT2D eigenvalue weighted by Crippen LogP contribution is -2.37. The Morgan fingerprint density at radius 3 is 2.76 bits per heavy atom. The Hall–Kier alpha value is -1.61. The van der Waals surface area contributed by atoms with Crippen molar-refractivity contribution >= 4 is 17.2 Å². The van der Waals surface area contributed by atoms with Gasteiger partial charge in [-0.3, -0.25) is 4.79 Å². The minimum absolute atomic E-state index is 0.0861. The van der Waals surface area contributed by atoms with Gasteiger partial charge in [0.15, 0.2) is 0 Å². The second-order valence-electron chi connectivity index (χ2n) is 5.97. The number of hydrogen-bond acceptors (Lipinski definition) is 2. The topological polar surface area (TPSA) is 29.1 Å². The van der Waals surface area contributed by atoms with E-state index in [-0.39, 0.29) is 5.91 Å². The van der Waals surface area contributed by atoms with E-state index in [2.05, 4.69) is 24.4 Å². The predicted molar refractivity (Wildman–Crippen MR) is 88.6 cm³/mol. The van der Waals surface area contributed by atoms with Gasteiger partial charge in [-0.2, -0.15) is 0 Å². The minimum atomic E-state index is 0.0861. The van der Waals surface area contributed by atoms with E-state index in [0.29, 0.717) is 6.04 Å². The molecule has 1 heterocycles. The molecule has 3 heteroatoms. The van der Waals surface area contributed by atoms with Crippen molar-refractivity contribution in [1.29, 1.82) is 0 Å². The quantitative estimate of drug-likeness (QED) is 0.872. The SMILES string of the molecule is CC1CCCC(NC(=O)c2sccc2-c2ccccc2)C1. The molecule has 0 spiro atoms. The van der Waals surface area contributed by atoms with Gasteiger partial charge in [0.25, 0.3) is 5.91 Å². The van der Waals surface area contributed by atoms with Crippen LogP contribution in [0.2, 0.25) is 0 Å². The van der Waals surface area contributed by atoms with Crippen molar-refractivity contribution in [2.24, 2.45) is 5.92 Å². The van der Waals surface area contributed by atoms with Gasteiger partial charge in [-0.05, 0) is 35.8 Å². The maximum absolute atomic E-state index is 12.6. The summed E-state index contributed by atoms with van der Waals surface area (Å²) in [5, 5.41) is 5.23. The maximum atomic E-state index is 12.6. The number of carbonyl (C=O) groups excluding carboxylic acids is 1. The molecule has 1 aromatic carbocycles. The maximum Gasteiger partial charge on any atom is 0.262 e. The van der Waals surface area contributed by atoms with Crippen LogP contribution in [0.3, 0.4) is 0 Å². The largest absolute Gasteiger partial charge is 0.349 e. The highest BCUT2D eigenvalue weighted by atomic mass is 32.1. The van der Waals surface area contributed by atoms with Gasteiger partial charge in [-0.1, -0.05) is 50.1 Å². The van der Waals surface area contributed by atoms with Crippen LogP contribution in [0.15, 0.2) is 41.8 Å². The molecule has 3 rings (SSSR count). The van der Waals surface area contributed by atoms with E-state index in [0.717, 1.165) is 34.8 Å².